The molecule has 0 amide bonds. The molecule has 2 nitrogen and oxygen atoms in total. The number of thioether (sulfide) groups is 1. The monoisotopic (exact) mass is 180 g/mol. The van der Waals surface area contributed by atoms with E-state index < -0.39 is 0 Å². The minimum Gasteiger partial charge on any atom is -0.288 e. The van der Waals surface area contributed by atoms with E-state index in [9.17, 15) is 0 Å². The van der Waals surface area contributed by atoms with Crippen molar-refractivity contribution in [3.63, 3.8) is 0 Å². The van der Waals surface area contributed by atoms with Gasteiger partial charge in [-0.3, -0.25) is 5.32 Å². The first kappa shape index (κ1) is 9.45. The molecule has 0 aliphatic carbocycles. The van der Waals surface area contributed by atoms with E-state index in [0.717, 1.165) is 18.6 Å². The summed E-state index contributed by atoms with van der Waals surface area (Å²) in [5.41, 5.74) is -0.352. The molecular weight excluding hydrogens is 168 g/mol. The molecule has 0 bridgehead atoms. The van der Waals surface area contributed by atoms with E-state index >= 15 is 0 Å². The first-order valence-corrected chi connectivity index (χ1v) is 5.16. The zero-order chi connectivity index (χ0) is 8.86. The van der Waals surface area contributed by atoms with Crippen LogP contribution in [-0.2, 0) is 0 Å². The maximum atomic E-state index is 8.97. The third kappa shape index (κ3) is 2.17. The second-order valence-electron chi connectivity index (χ2n) is 2.91. The SMILES string of the molecule is C#CCNC1(C#N)CCCSC1. The zero-order valence-electron chi connectivity index (χ0n) is 6.97. The van der Waals surface area contributed by atoms with Gasteiger partial charge in [-0.15, -0.1) is 6.42 Å². The molecule has 1 aliphatic heterocycles. The highest BCUT2D eigenvalue weighted by molar-refractivity contribution is 7.99. The Morgan fingerprint density at radius 3 is 3.00 bits per heavy atom. The average molecular weight is 180 g/mol. The van der Waals surface area contributed by atoms with Crippen molar-refractivity contribution < 1.29 is 0 Å². The summed E-state index contributed by atoms with van der Waals surface area (Å²) in [5, 5.41) is 12.1. The molecule has 1 aliphatic rings. The molecule has 1 unspecified atom stereocenters. The van der Waals surface area contributed by atoms with Gasteiger partial charge in [0.1, 0.15) is 5.54 Å². The summed E-state index contributed by atoms with van der Waals surface area (Å²) >= 11 is 1.82. The molecule has 1 fully saturated rings. The summed E-state index contributed by atoms with van der Waals surface area (Å²) in [6, 6.07) is 2.32. The normalized spacial score (nSPS) is 28.8. The molecule has 0 radical (unpaired) electrons. The highest BCUT2D eigenvalue weighted by Gasteiger charge is 2.31. The molecule has 0 aromatic carbocycles. The highest BCUT2D eigenvalue weighted by Crippen LogP contribution is 2.25. The fourth-order valence-corrected chi connectivity index (χ4v) is 2.43. The lowest BCUT2D eigenvalue weighted by molar-refractivity contribution is 0.436. The topological polar surface area (TPSA) is 35.8 Å². The van der Waals surface area contributed by atoms with Crippen LogP contribution < -0.4 is 5.32 Å². The Hall–Kier alpha value is -0.640. The third-order valence-electron chi connectivity index (χ3n) is 1.98. The molecular formula is C9H12N2S. The molecule has 1 N–H and O–H groups in total. The van der Waals surface area contributed by atoms with E-state index in [2.05, 4.69) is 17.3 Å². The van der Waals surface area contributed by atoms with Gasteiger partial charge in [-0.25, -0.2) is 0 Å². The van der Waals surface area contributed by atoms with E-state index in [1.165, 1.54) is 5.75 Å². The van der Waals surface area contributed by atoms with Crippen molar-refractivity contribution in [3.05, 3.63) is 0 Å². The molecule has 1 saturated heterocycles. The van der Waals surface area contributed by atoms with Gasteiger partial charge < -0.3 is 0 Å². The number of nitrogens with one attached hydrogen (secondary N) is 1. The van der Waals surface area contributed by atoms with Crippen LogP contribution in [0.3, 0.4) is 0 Å². The van der Waals surface area contributed by atoms with Gasteiger partial charge in [-0.05, 0) is 18.6 Å². The molecule has 12 heavy (non-hydrogen) atoms. The van der Waals surface area contributed by atoms with E-state index in [4.69, 9.17) is 11.7 Å². The quantitative estimate of drug-likeness (QED) is 0.644. The minimum atomic E-state index is -0.352. The van der Waals surface area contributed by atoms with Gasteiger partial charge in [-0.1, -0.05) is 5.92 Å². The molecule has 0 spiro atoms. The van der Waals surface area contributed by atoms with Crippen LogP contribution in [0.4, 0.5) is 0 Å². The van der Waals surface area contributed by atoms with Gasteiger partial charge in [0.2, 0.25) is 0 Å². The van der Waals surface area contributed by atoms with Crippen molar-refractivity contribution in [2.24, 2.45) is 0 Å². The molecule has 0 saturated carbocycles. The van der Waals surface area contributed by atoms with E-state index in [-0.39, 0.29) is 5.54 Å². The largest absolute Gasteiger partial charge is 0.288 e. The Bertz CT molecular complexity index is 218. The second-order valence-corrected chi connectivity index (χ2v) is 4.01. The summed E-state index contributed by atoms with van der Waals surface area (Å²) in [4.78, 5) is 0. The van der Waals surface area contributed by atoms with Gasteiger partial charge in [0, 0.05) is 5.75 Å². The fourth-order valence-electron chi connectivity index (χ4n) is 1.28. The first-order chi connectivity index (χ1) is 5.83. The molecule has 0 aromatic heterocycles. The second kappa shape index (κ2) is 4.40. The van der Waals surface area contributed by atoms with Gasteiger partial charge in [0.15, 0.2) is 0 Å². The van der Waals surface area contributed by atoms with Crippen LogP contribution in [0.5, 0.6) is 0 Å². The Morgan fingerprint density at radius 2 is 2.50 bits per heavy atom. The average Bonchev–Trinajstić information content (AvgIpc) is 2.16. The fraction of sp³-hybridized carbons (Fsp3) is 0.667. The van der Waals surface area contributed by atoms with Gasteiger partial charge in [0.05, 0.1) is 12.6 Å². The van der Waals surface area contributed by atoms with E-state index in [1.54, 1.807) is 0 Å². The van der Waals surface area contributed by atoms with Crippen LogP contribution >= 0.6 is 11.8 Å². The summed E-state index contributed by atoms with van der Waals surface area (Å²) in [6.07, 6.45) is 7.17. The summed E-state index contributed by atoms with van der Waals surface area (Å²) in [7, 11) is 0. The van der Waals surface area contributed by atoms with Crippen molar-refractivity contribution in [1.82, 2.24) is 5.32 Å². The number of hydrogen-bond donors (Lipinski definition) is 1. The van der Waals surface area contributed by atoms with Crippen molar-refractivity contribution >= 4 is 11.8 Å². The summed E-state index contributed by atoms with van der Waals surface area (Å²) in [6.45, 7) is 0.494. The van der Waals surface area contributed by atoms with Crippen LogP contribution in [-0.4, -0.2) is 23.6 Å². The van der Waals surface area contributed by atoms with Crippen LogP contribution in [0.1, 0.15) is 12.8 Å². The van der Waals surface area contributed by atoms with Crippen LogP contribution in [0, 0.1) is 23.7 Å². The van der Waals surface area contributed by atoms with Crippen LogP contribution in [0.2, 0.25) is 0 Å². The number of terminal acetylenes is 1. The van der Waals surface area contributed by atoms with E-state index in [1.807, 2.05) is 11.8 Å². The Morgan fingerprint density at radius 1 is 1.67 bits per heavy atom. The maximum Gasteiger partial charge on any atom is 0.116 e. The predicted octanol–water partition coefficient (Wildman–Crippen LogP) is 0.999. The third-order valence-corrected chi connectivity index (χ3v) is 3.26. The lowest BCUT2D eigenvalue weighted by atomic mass is 9.97. The number of rotatable bonds is 2. The lowest BCUT2D eigenvalue weighted by Crippen LogP contribution is -2.48. The van der Waals surface area contributed by atoms with Crippen molar-refractivity contribution in [1.29, 1.82) is 5.26 Å². The maximum absolute atomic E-state index is 8.97. The first-order valence-electron chi connectivity index (χ1n) is 4.00. The van der Waals surface area contributed by atoms with Crippen molar-refractivity contribution in [2.45, 2.75) is 18.4 Å². The molecule has 1 heterocycles. The highest BCUT2D eigenvalue weighted by atomic mass is 32.2. The smallest absolute Gasteiger partial charge is 0.116 e. The molecule has 64 valence electrons. The van der Waals surface area contributed by atoms with Gasteiger partial charge >= 0.3 is 0 Å². The molecule has 1 rings (SSSR count). The van der Waals surface area contributed by atoms with Gasteiger partial charge in [-0.2, -0.15) is 17.0 Å². The summed E-state index contributed by atoms with van der Waals surface area (Å²) < 4.78 is 0. The standard InChI is InChI=1S/C9H12N2S/c1-2-5-11-9(7-10)4-3-6-12-8-9/h1,11H,3-6,8H2. The zero-order valence-corrected chi connectivity index (χ0v) is 7.78. The van der Waals surface area contributed by atoms with Crippen molar-refractivity contribution in [3.8, 4) is 18.4 Å². The van der Waals surface area contributed by atoms with E-state index in [0.29, 0.717) is 6.54 Å². The summed E-state index contributed by atoms with van der Waals surface area (Å²) in [5.74, 6) is 4.54. The molecule has 0 aromatic rings. The van der Waals surface area contributed by atoms with Crippen LogP contribution in [0.25, 0.3) is 0 Å². The minimum absolute atomic E-state index is 0.352. The molecule has 1 atom stereocenters. The number of hydrogen-bond acceptors (Lipinski definition) is 3. The Labute approximate surface area is 77.7 Å². The number of nitriles is 1. The predicted molar refractivity (Wildman–Crippen MR) is 51.7 cm³/mol. The molecule has 3 heteroatoms. The Balaban J connectivity index is 2.51. The lowest BCUT2D eigenvalue weighted by Gasteiger charge is -2.30. The van der Waals surface area contributed by atoms with Crippen LogP contribution in [0.15, 0.2) is 0 Å². The number of nitrogens with zero attached hydrogens (tertiary/aromatic N) is 1. The van der Waals surface area contributed by atoms with Gasteiger partial charge in [0.25, 0.3) is 0 Å². The van der Waals surface area contributed by atoms with Crippen molar-refractivity contribution in [2.75, 3.05) is 18.1 Å². The Kier molecular flexibility index (Phi) is 3.47.